The highest BCUT2D eigenvalue weighted by molar-refractivity contribution is 6.35. The van der Waals surface area contributed by atoms with Crippen molar-refractivity contribution in [3.63, 3.8) is 0 Å². The second-order valence-electron chi connectivity index (χ2n) is 4.54. The van der Waals surface area contributed by atoms with Crippen LogP contribution in [0.5, 0.6) is 0 Å². The summed E-state index contributed by atoms with van der Waals surface area (Å²) < 4.78 is 0. The molecular weight excluding hydrogens is 327 g/mol. The number of fused-ring (bicyclic) bond motifs is 1. The Hall–Kier alpha value is -2.44. The molecule has 4 N–H and O–H groups in total. The fourth-order valence-corrected chi connectivity index (χ4v) is 2.33. The smallest absolute Gasteiger partial charge is 0.308 e. The normalized spacial score (nSPS) is 10.6. The van der Waals surface area contributed by atoms with Crippen LogP contribution in [-0.2, 0) is 0 Å². The summed E-state index contributed by atoms with van der Waals surface area (Å²) in [5, 5.41) is 6.10. The van der Waals surface area contributed by atoms with Crippen molar-refractivity contribution < 1.29 is 4.79 Å². The van der Waals surface area contributed by atoms with E-state index in [1.54, 1.807) is 36.4 Å². The number of benzene rings is 2. The Bertz CT molecular complexity index is 917. The molecule has 0 fully saturated rings. The number of amides is 2. The number of halogens is 2. The number of anilines is 2. The zero-order valence-electron chi connectivity index (χ0n) is 11.0. The first-order valence-electron chi connectivity index (χ1n) is 6.26. The number of hydrogen-bond acceptors (Lipinski definition) is 2. The highest BCUT2D eigenvalue weighted by Crippen LogP contribution is 2.25. The van der Waals surface area contributed by atoms with Crippen LogP contribution in [0.1, 0.15) is 0 Å². The van der Waals surface area contributed by atoms with Gasteiger partial charge in [-0.2, -0.15) is 0 Å². The Morgan fingerprint density at radius 2 is 1.73 bits per heavy atom. The summed E-state index contributed by atoms with van der Waals surface area (Å²) >= 11 is 11.8. The summed E-state index contributed by atoms with van der Waals surface area (Å²) in [6.07, 6.45) is 0. The second-order valence-corrected chi connectivity index (χ2v) is 5.39. The van der Waals surface area contributed by atoms with E-state index >= 15 is 0 Å². The molecule has 0 radical (unpaired) electrons. The van der Waals surface area contributed by atoms with Crippen molar-refractivity contribution in [3.8, 4) is 0 Å². The van der Waals surface area contributed by atoms with Crippen LogP contribution >= 0.6 is 23.2 Å². The SMILES string of the molecule is O=C(Nc1ccc2[nH]c(=O)[nH]c2c1)Nc1cc(Cl)ccc1Cl. The minimum absolute atomic E-state index is 0.303. The zero-order chi connectivity index (χ0) is 15.7. The van der Waals surface area contributed by atoms with E-state index in [1.165, 1.54) is 0 Å². The van der Waals surface area contributed by atoms with Crippen molar-refractivity contribution in [2.45, 2.75) is 0 Å². The molecule has 2 aromatic carbocycles. The van der Waals surface area contributed by atoms with Crippen LogP contribution in [0.2, 0.25) is 10.0 Å². The number of aromatic amines is 2. The van der Waals surface area contributed by atoms with Crippen LogP contribution in [0, 0.1) is 0 Å². The molecule has 0 bridgehead atoms. The molecule has 0 spiro atoms. The number of carbonyl (C=O) groups is 1. The van der Waals surface area contributed by atoms with Gasteiger partial charge in [-0.1, -0.05) is 23.2 Å². The molecule has 22 heavy (non-hydrogen) atoms. The first kappa shape index (κ1) is 14.5. The van der Waals surface area contributed by atoms with Gasteiger partial charge in [0.2, 0.25) is 0 Å². The number of imidazole rings is 1. The van der Waals surface area contributed by atoms with E-state index < -0.39 is 6.03 Å². The minimum Gasteiger partial charge on any atom is -0.308 e. The number of carbonyl (C=O) groups excluding carboxylic acids is 1. The lowest BCUT2D eigenvalue weighted by atomic mass is 10.3. The molecule has 3 rings (SSSR count). The number of aromatic nitrogens is 2. The lowest BCUT2D eigenvalue weighted by molar-refractivity contribution is 0.262. The molecule has 0 aliphatic heterocycles. The summed E-state index contributed by atoms with van der Waals surface area (Å²) in [5.74, 6) is 0. The van der Waals surface area contributed by atoms with E-state index in [0.29, 0.717) is 32.5 Å². The van der Waals surface area contributed by atoms with E-state index in [1.807, 2.05) is 0 Å². The predicted molar refractivity (Wildman–Crippen MR) is 88.0 cm³/mol. The number of urea groups is 1. The van der Waals surface area contributed by atoms with Gasteiger partial charge in [-0.15, -0.1) is 0 Å². The van der Waals surface area contributed by atoms with Gasteiger partial charge in [0.25, 0.3) is 0 Å². The average molecular weight is 337 g/mol. The monoisotopic (exact) mass is 336 g/mol. The van der Waals surface area contributed by atoms with E-state index in [2.05, 4.69) is 20.6 Å². The maximum absolute atomic E-state index is 12.0. The van der Waals surface area contributed by atoms with E-state index in [4.69, 9.17) is 23.2 Å². The van der Waals surface area contributed by atoms with Gasteiger partial charge in [-0.25, -0.2) is 9.59 Å². The number of nitrogens with one attached hydrogen (secondary N) is 4. The molecule has 2 amide bonds. The first-order chi connectivity index (χ1) is 10.5. The van der Waals surface area contributed by atoms with E-state index in [0.717, 1.165) is 0 Å². The fourth-order valence-electron chi connectivity index (χ4n) is 1.99. The van der Waals surface area contributed by atoms with Crippen LogP contribution in [-0.4, -0.2) is 16.0 Å². The fraction of sp³-hybridized carbons (Fsp3) is 0. The third-order valence-electron chi connectivity index (χ3n) is 2.95. The summed E-state index contributed by atoms with van der Waals surface area (Å²) in [6.45, 7) is 0. The van der Waals surface area contributed by atoms with Gasteiger partial charge in [0.15, 0.2) is 0 Å². The summed E-state index contributed by atoms with van der Waals surface area (Å²) in [6, 6.07) is 9.31. The Morgan fingerprint density at radius 3 is 2.55 bits per heavy atom. The van der Waals surface area contributed by atoms with Gasteiger partial charge >= 0.3 is 11.7 Å². The molecular formula is C14H10Cl2N4O2. The molecule has 0 aliphatic carbocycles. The zero-order valence-corrected chi connectivity index (χ0v) is 12.5. The predicted octanol–water partition coefficient (Wildman–Crippen LogP) is 3.81. The lowest BCUT2D eigenvalue weighted by Crippen LogP contribution is -2.19. The molecule has 112 valence electrons. The average Bonchev–Trinajstić information content (AvgIpc) is 2.82. The van der Waals surface area contributed by atoms with Gasteiger partial charge in [0, 0.05) is 10.7 Å². The Labute approximate surface area is 134 Å². The molecule has 0 atom stereocenters. The van der Waals surface area contributed by atoms with Crippen molar-refractivity contribution >= 4 is 51.6 Å². The first-order valence-corrected chi connectivity index (χ1v) is 7.02. The maximum atomic E-state index is 12.0. The van der Waals surface area contributed by atoms with Crippen molar-refractivity contribution in [2.24, 2.45) is 0 Å². The summed E-state index contributed by atoms with van der Waals surface area (Å²) in [7, 11) is 0. The second kappa shape index (κ2) is 5.75. The Balaban J connectivity index is 1.77. The third-order valence-corrected chi connectivity index (χ3v) is 3.52. The van der Waals surface area contributed by atoms with Crippen molar-refractivity contribution in [1.82, 2.24) is 9.97 Å². The third kappa shape index (κ3) is 3.08. The molecule has 0 saturated heterocycles. The highest BCUT2D eigenvalue weighted by atomic mass is 35.5. The number of H-pyrrole nitrogens is 2. The quantitative estimate of drug-likeness (QED) is 0.573. The molecule has 8 heteroatoms. The van der Waals surface area contributed by atoms with E-state index in [9.17, 15) is 9.59 Å². The van der Waals surface area contributed by atoms with Crippen LogP contribution in [0.15, 0.2) is 41.2 Å². The number of hydrogen-bond donors (Lipinski definition) is 4. The molecule has 0 aliphatic rings. The highest BCUT2D eigenvalue weighted by Gasteiger charge is 2.08. The Morgan fingerprint density at radius 1 is 0.955 bits per heavy atom. The molecule has 0 unspecified atom stereocenters. The number of rotatable bonds is 2. The van der Waals surface area contributed by atoms with Crippen molar-refractivity contribution in [1.29, 1.82) is 0 Å². The van der Waals surface area contributed by atoms with E-state index in [-0.39, 0.29) is 5.69 Å². The molecule has 0 saturated carbocycles. The van der Waals surface area contributed by atoms with Crippen LogP contribution < -0.4 is 16.3 Å². The van der Waals surface area contributed by atoms with Gasteiger partial charge in [-0.3, -0.25) is 0 Å². The van der Waals surface area contributed by atoms with Crippen LogP contribution in [0.3, 0.4) is 0 Å². The lowest BCUT2D eigenvalue weighted by Gasteiger charge is -2.09. The largest absolute Gasteiger partial charge is 0.323 e. The molecule has 6 nitrogen and oxygen atoms in total. The van der Waals surface area contributed by atoms with Crippen molar-refractivity contribution in [2.75, 3.05) is 10.6 Å². The molecule has 1 heterocycles. The Kier molecular flexibility index (Phi) is 3.79. The van der Waals surface area contributed by atoms with Crippen LogP contribution in [0.4, 0.5) is 16.2 Å². The minimum atomic E-state index is -0.471. The van der Waals surface area contributed by atoms with Gasteiger partial charge in [-0.05, 0) is 36.4 Å². The molecule has 3 aromatic rings. The standard InChI is InChI=1S/C14H10Cl2N4O2/c15-7-1-3-9(16)11(5-7)19-13(21)17-8-2-4-10-12(6-8)20-14(22)18-10/h1-6H,(H2,17,19,21)(H2,18,20,22). The topological polar surface area (TPSA) is 89.8 Å². The summed E-state index contributed by atoms with van der Waals surface area (Å²) in [4.78, 5) is 28.4. The molecule has 1 aromatic heterocycles. The van der Waals surface area contributed by atoms with Gasteiger partial charge in [0.05, 0.1) is 21.7 Å². The van der Waals surface area contributed by atoms with Gasteiger partial charge < -0.3 is 20.6 Å². The summed E-state index contributed by atoms with van der Waals surface area (Å²) in [5.41, 5.74) is 1.89. The maximum Gasteiger partial charge on any atom is 0.323 e. The van der Waals surface area contributed by atoms with Crippen LogP contribution in [0.25, 0.3) is 11.0 Å². The van der Waals surface area contributed by atoms with Crippen molar-refractivity contribution in [3.05, 3.63) is 56.9 Å². The van der Waals surface area contributed by atoms with Gasteiger partial charge in [0.1, 0.15) is 0 Å².